The van der Waals surface area contributed by atoms with E-state index < -0.39 is 17.6 Å². The van der Waals surface area contributed by atoms with Crippen molar-refractivity contribution in [3.8, 4) is 6.07 Å². The van der Waals surface area contributed by atoms with Crippen molar-refractivity contribution < 1.29 is 13.2 Å². The van der Waals surface area contributed by atoms with Crippen molar-refractivity contribution in [3.63, 3.8) is 0 Å². The fourth-order valence-corrected chi connectivity index (χ4v) is 1.40. The maximum Gasteiger partial charge on any atom is 0.433 e. The highest BCUT2D eigenvalue weighted by molar-refractivity contribution is 5.52. The van der Waals surface area contributed by atoms with Crippen LogP contribution in [0.3, 0.4) is 0 Å². The molecule has 0 aliphatic heterocycles. The van der Waals surface area contributed by atoms with Crippen LogP contribution in [-0.2, 0) is 12.7 Å². The average molecular weight is 284 g/mol. The van der Waals surface area contributed by atoms with E-state index in [2.05, 4.69) is 25.5 Å². The second-order valence-corrected chi connectivity index (χ2v) is 3.68. The van der Waals surface area contributed by atoms with Crippen LogP contribution >= 0.6 is 0 Å². The van der Waals surface area contributed by atoms with Gasteiger partial charge in [0.1, 0.15) is 23.4 Å². The molecule has 0 atom stereocenters. The second-order valence-electron chi connectivity index (χ2n) is 3.68. The monoisotopic (exact) mass is 284 g/mol. The highest BCUT2D eigenvalue weighted by Crippen LogP contribution is 2.29. The summed E-state index contributed by atoms with van der Waals surface area (Å²) in [6, 6.07) is 3.46. The van der Waals surface area contributed by atoms with Crippen LogP contribution in [0.5, 0.6) is 0 Å². The van der Waals surface area contributed by atoms with Crippen LogP contribution in [0, 0.1) is 11.3 Å². The van der Waals surface area contributed by atoms with Crippen LogP contribution in [0.25, 0.3) is 0 Å². The zero-order valence-corrected chi connectivity index (χ0v) is 9.75. The molecule has 0 saturated heterocycles. The molecular weight excluding hydrogens is 277 g/mol. The van der Waals surface area contributed by atoms with Gasteiger partial charge in [-0.15, -0.1) is 0 Å². The summed E-state index contributed by atoms with van der Waals surface area (Å²) in [7, 11) is 0. The Kier molecular flexibility index (Phi) is 3.43. The zero-order chi connectivity index (χ0) is 14.8. The lowest BCUT2D eigenvalue weighted by Crippen LogP contribution is -2.12. The SMILES string of the molecule is N#Cc1ccc(C(F)(F)F)nc1NCc1n[nH]c(=O)[nH]1. The summed E-state index contributed by atoms with van der Waals surface area (Å²) in [4.78, 5) is 16.5. The molecule has 0 bridgehead atoms. The molecule has 10 heteroatoms. The standard InChI is InChI=1S/C10H7F3N6O/c11-10(12,13)6-2-1-5(3-14)8(16-6)15-4-7-17-9(20)19-18-7/h1-2H,4H2,(H,15,16)(H2,17,18,19,20). The van der Waals surface area contributed by atoms with Crippen molar-refractivity contribution in [3.05, 3.63) is 39.7 Å². The van der Waals surface area contributed by atoms with Crippen LogP contribution in [0.1, 0.15) is 17.1 Å². The third kappa shape index (κ3) is 2.94. The van der Waals surface area contributed by atoms with Gasteiger partial charge >= 0.3 is 11.9 Å². The summed E-state index contributed by atoms with van der Waals surface area (Å²) in [5.41, 5.74) is -1.70. The van der Waals surface area contributed by atoms with Gasteiger partial charge in [0.2, 0.25) is 0 Å². The second kappa shape index (κ2) is 5.04. The molecule has 0 saturated carbocycles. The van der Waals surface area contributed by atoms with Gasteiger partial charge < -0.3 is 5.32 Å². The van der Waals surface area contributed by atoms with E-state index in [-0.39, 0.29) is 23.8 Å². The summed E-state index contributed by atoms with van der Waals surface area (Å²) in [6.45, 7) is -0.0816. The van der Waals surface area contributed by atoms with E-state index >= 15 is 0 Å². The first-order chi connectivity index (χ1) is 9.40. The first-order valence-corrected chi connectivity index (χ1v) is 5.26. The molecule has 2 rings (SSSR count). The molecule has 20 heavy (non-hydrogen) atoms. The summed E-state index contributed by atoms with van der Waals surface area (Å²) in [5.74, 6) is -0.0516. The lowest BCUT2D eigenvalue weighted by atomic mass is 10.2. The largest absolute Gasteiger partial charge is 0.433 e. The Morgan fingerprint density at radius 2 is 2.15 bits per heavy atom. The van der Waals surface area contributed by atoms with E-state index in [9.17, 15) is 18.0 Å². The average Bonchev–Trinajstić information content (AvgIpc) is 2.80. The molecule has 0 fully saturated rings. The Bertz CT molecular complexity index is 711. The number of nitrogens with zero attached hydrogens (tertiary/aromatic N) is 3. The van der Waals surface area contributed by atoms with Gasteiger partial charge in [-0.3, -0.25) is 4.98 Å². The molecule has 104 valence electrons. The number of pyridine rings is 1. The van der Waals surface area contributed by atoms with E-state index in [1.807, 2.05) is 0 Å². The predicted molar refractivity (Wildman–Crippen MR) is 60.5 cm³/mol. The van der Waals surface area contributed by atoms with Crippen molar-refractivity contribution in [2.75, 3.05) is 5.32 Å². The number of H-pyrrole nitrogens is 2. The maximum absolute atomic E-state index is 12.5. The van der Waals surface area contributed by atoms with Crippen LogP contribution < -0.4 is 11.0 Å². The molecule has 3 N–H and O–H groups in total. The van der Waals surface area contributed by atoms with Crippen molar-refractivity contribution in [1.29, 1.82) is 5.26 Å². The number of rotatable bonds is 3. The van der Waals surface area contributed by atoms with Crippen LogP contribution in [0.15, 0.2) is 16.9 Å². The number of hydrogen-bond donors (Lipinski definition) is 3. The summed E-state index contributed by atoms with van der Waals surface area (Å²) in [6.07, 6.45) is -4.61. The highest BCUT2D eigenvalue weighted by Gasteiger charge is 2.33. The van der Waals surface area contributed by atoms with Crippen molar-refractivity contribution >= 4 is 5.82 Å². The normalized spacial score (nSPS) is 11.1. The molecule has 0 unspecified atom stereocenters. The number of hydrogen-bond acceptors (Lipinski definition) is 5. The molecule has 7 nitrogen and oxygen atoms in total. The van der Waals surface area contributed by atoms with Gasteiger partial charge in [0.15, 0.2) is 0 Å². The number of nitriles is 1. The third-order valence-corrected chi connectivity index (χ3v) is 2.28. The fraction of sp³-hybridized carbons (Fsp3) is 0.200. The highest BCUT2D eigenvalue weighted by atomic mass is 19.4. The first-order valence-electron chi connectivity index (χ1n) is 5.26. The van der Waals surface area contributed by atoms with Gasteiger partial charge in [-0.1, -0.05) is 0 Å². The number of halogens is 3. The molecule has 0 radical (unpaired) electrons. The maximum atomic E-state index is 12.5. The molecule has 2 aromatic rings. The smallest absolute Gasteiger partial charge is 0.362 e. The Morgan fingerprint density at radius 3 is 2.70 bits per heavy atom. The number of aromatic amines is 2. The number of alkyl halides is 3. The van der Waals surface area contributed by atoms with E-state index in [1.54, 1.807) is 6.07 Å². The van der Waals surface area contributed by atoms with Gasteiger partial charge in [0.05, 0.1) is 12.1 Å². The lowest BCUT2D eigenvalue weighted by Gasteiger charge is -2.10. The molecule has 0 spiro atoms. The van der Waals surface area contributed by atoms with Crippen LogP contribution in [0.2, 0.25) is 0 Å². The topological polar surface area (TPSA) is 110 Å². The minimum Gasteiger partial charge on any atom is -0.362 e. The first kappa shape index (κ1) is 13.6. The Morgan fingerprint density at radius 1 is 1.40 bits per heavy atom. The Labute approximate surface area is 109 Å². The molecular formula is C10H7F3N6O. The predicted octanol–water partition coefficient (Wildman–Crippen LogP) is 0.996. The van der Waals surface area contributed by atoms with Gasteiger partial charge in [0, 0.05) is 0 Å². The molecule has 0 amide bonds. The minimum atomic E-state index is -4.61. The zero-order valence-electron chi connectivity index (χ0n) is 9.75. The molecule has 0 aliphatic carbocycles. The van der Waals surface area contributed by atoms with Crippen molar-refractivity contribution in [2.24, 2.45) is 0 Å². The van der Waals surface area contributed by atoms with Crippen LogP contribution in [-0.4, -0.2) is 20.2 Å². The van der Waals surface area contributed by atoms with Gasteiger partial charge in [-0.25, -0.2) is 14.9 Å². The van der Waals surface area contributed by atoms with Crippen LogP contribution in [0.4, 0.5) is 19.0 Å². The molecule has 2 aromatic heterocycles. The quantitative estimate of drug-likeness (QED) is 0.778. The number of aromatic nitrogens is 4. The van der Waals surface area contributed by atoms with E-state index in [0.29, 0.717) is 0 Å². The van der Waals surface area contributed by atoms with Gasteiger partial charge in [-0.2, -0.15) is 23.5 Å². The summed E-state index contributed by atoms with van der Waals surface area (Å²) >= 11 is 0. The Hall–Kier alpha value is -2.83. The minimum absolute atomic E-state index is 0.0455. The third-order valence-electron chi connectivity index (χ3n) is 2.28. The molecule has 0 aliphatic rings. The molecule has 2 heterocycles. The van der Waals surface area contributed by atoms with Crippen molar-refractivity contribution in [1.82, 2.24) is 20.2 Å². The summed E-state index contributed by atoms with van der Waals surface area (Å²) in [5, 5.41) is 17.0. The van der Waals surface area contributed by atoms with Crippen molar-refractivity contribution in [2.45, 2.75) is 12.7 Å². The van der Waals surface area contributed by atoms with Gasteiger partial charge in [-0.05, 0) is 12.1 Å². The lowest BCUT2D eigenvalue weighted by molar-refractivity contribution is -0.141. The van der Waals surface area contributed by atoms with E-state index in [0.717, 1.165) is 12.1 Å². The van der Waals surface area contributed by atoms with E-state index in [1.165, 1.54) is 0 Å². The summed E-state index contributed by atoms with van der Waals surface area (Å²) < 4.78 is 37.6. The number of anilines is 1. The fourth-order valence-electron chi connectivity index (χ4n) is 1.40. The Balaban J connectivity index is 2.25. The van der Waals surface area contributed by atoms with Gasteiger partial charge in [0.25, 0.3) is 0 Å². The van der Waals surface area contributed by atoms with E-state index in [4.69, 9.17) is 5.26 Å². The number of nitrogens with one attached hydrogen (secondary N) is 3. The molecule has 0 aromatic carbocycles.